The highest BCUT2D eigenvalue weighted by Gasteiger charge is 2.17. The van der Waals surface area contributed by atoms with Crippen LogP contribution in [0.25, 0.3) is 0 Å². The Bertz CT molecular complexity index is 1030. The van der Waals surface area contributed by atoms with Crippen LogP contribution in [-0.2, 0) is 11.3 Å². The third-order valence-corrected chi connectivity index (χ3v) is 4.79. The monoisotopic (exact) mass is 448 g/mol. The summed E-state index contributed by atoms with van der Waals surface area (Å²) in [6.07, 6.45) is 0. The summed E-state index contributed by atoms with van der Waals surface area (Å²) in [5.41, 5.74) is 1.30. The first-order valence-electron chi connectivity index (χ1n) is 8.55. The number of rotatable bonds is 7. The first-order valence-corrected chi connectivity index (χ1v) is 9.69. The normalized spacial score (nSPS) is 10.4. The van der Waals surface area contributed by atoms with Crippen molar-refractivity contribution in [2.24, 2.45) is 0 Å². The largest absolute Gasteiger partial charge is 0.488 e. The van der Waals surface area contributed by atoms with Gasteiger partial charge in [0.2, 0.25) is 5.78 Å². The fraction of sp³-hybridized carbons (Fsp3) is 0.0909. The van der Waals surface area contributed by atoms with E-state index in [0.29, 0.717) is 15.8 Å². The topological polar surface area (TPSA) is 52.6 Å². The van der Waals surface area contributed by atoms with Gasteiger partial charge in [-0.1, -0.05) is 59.1 Å². The zero-order valence-corrected chi connectivity index (χ0v) is 17.3. The van der Waals surface area contributed by atoms with Gasteiger partial charge in [-0.15, -0.1) is 0 Å². The highest BCUT2D eigenvalue weighted by molar-refractivity contribution is 6.36. The lowest BCUT2D eigenvalue weighted by molar-refractivity contribution is 0.0470. The van der Waals surface area contributed by atoms with Crippen molar-refractivity contribution < 1.29 is 19.1 Å². The average Bonchev–Trinajstić information content (AvgIpc) is 2.73. The van der Waals surface area contributed by atoms with E-state index in [2.05, 4.69) is 0 Å². The second-order valence-corrected chi connectivity index (χ2v) is 7.31. The van der Waals surface area contributed by atoms with E-state index in [4.69, 9.17) is 44.3 Å². The van der Waals surface area contributed by atoms with Crippen LogP contribution < -0.4 is 4.74 Å². The molecule has 0 bridgehead atoms. The van der Waals surface area contributed by atoms with Crippen molar-refractivity contribution in [2.45, 2.75) is 6.61 Å². The standard InChI is InChI=1S/C22H15Cl3O4/c23-15-7-5-14(6-8-15)12-28-21-4-2-1-3-17(21)22(27)29-13-20(26)18-11-16(24)9-10-19(18)25/h1-11H,12-13H2. The number of esters is 1. The van der Waals surface area contributed by atoms with Crippen LogP contribution >= 0.6 is 34.8 Å². The summed E-state index contributed by atoms with van der Waals surface area (Å²) in [6.45, 7) is -0.219. The molecule has 3 aromatic rings. The molecule has 7 heteroatoms. The zero-order chi connectivity index (χ0) is 20.8. The van der Waals surface area contributed by atoms with Crippen molar-refractivity contribution in [3.8, 4) is 5.75 Å². The Labute approximate surface area is 182 Å². The molecule has 148 valence electrons. The molecule has 0 fully saturated rings. The van der Waals surface area contributed by atoms with Gasteiger partial charge in [-0.05, 0) is 48.0 Å². The van der Waals surface area contributed by atoms with Crippen LogP contribution in [-0.4, -0.2) is 18.4 Å². The molecule has 4 nitrogen and oxygen atoms in total. The van der Waals surface area contributed by atoms with Gasteiger partial charge < -0.3 is 9.47 Å². The van der Waals surface area contributed by atoms with Crippen LogP contribution in [0.4, 0.5) is 0 Å². The van der Waals surface area contributed by atoms with Crippen LogP contribution in [0, 0.1) is 0 Å². The van der Waals surface area contributed by atoms with Crippen LogP contribution in [0.1, 0.15) is 26.3 Å². The molecule has 0 atom stereocenters. The van der Waals surface area contributed by atoms with E-state index in [1.165, 1.54) is 12.1 Å². The van der Waals surface area contributed by atoms with Gasteiger partial charge in [0, 0.05) is 15.6 Å². The van der Waals surface area contributed by atoms with E-state index < -0.39 is 18.4 Å². The van der Waals surface area contributed by atoms with Crippen LogP contribution in [0.5, 0.6) is 5.75 Å². The summed E-state index contributed by atoms with van der Waals surface area (Å²) < 4.78 is 10.9. The molecule has 0 amide bonds. The number of ketones is 1. The van der Waals surface area contributed by atoms with E-state index in [1.807, 2.05) is 12.1 Å². The Morgan fingerprint density at radius 1 is 0.793 bits per heavy atom. The van der Waals surface area contributed by atoms with Crippen molar-refractivity contribution in [1.82, 2.24) is 0 Å². The Kier molecular flexibility index (Phi) is 7.15. The molecule has 3 rings (SSSR count). The number of halogens is 3. The summed E-state index contributed by atoms with van der Waals surface area (Å²) in [5.74, 6) is -0.783. The summed E-state index contributed by atoms with van der Waals surface area (Å²) in [7, 11) is 0. The van der Waals surface area contributed by atoms with Crippen molar-refractivity contribution in [3.05, 3.63) is 98.5 Å². The van der Waals surface area contributed by atoms with Crippen LogP contribution in [0.15, 0.2) is 66.7 Å². The highest BCUT2D eigenvalue weighted by Crippen LogP contribution is 2.23. The van der Waals surface area contributed by atoms with Gasteiger partial charge in [0.1, 0.15) is 17.9 Å². The predicted octanol–water partition coefficient (Wildman–Crippen LogP) is 6.27. The van der Waals surface area contributed by atoms with Gasteiger partial charge in [-0.25, -0.2) is 4.79 Å². The molecular formula is C22H15Cl3O4. The maximum absolute atomic E-state index is 12.5. The molecule has 0 aliphatic heterocycles. The second-order valence-electron chi connectivity index (χ2n) is 6.03. The number of benzene rings is 3. The Hall–Kier alpha value is -2.53. The number of para-hydroxylation sites is 1. The average molecular weight is 450 g/mol. The van der Waals surface area contributed by atoms with Gasteiger partial charge in [0.05, 0.1) is 5.02 Å². The molecule has 0 saturated heterocycles. The SMILES string of the molecule is O=C(COC(=O)c1ccccc1OCc1ccc(Cl)cc1)c1cc(Cl)ccc1Cl. The highest BCUT2D eigenvalue weighted by atomic mass is 35.5. The maximum Gasteiger partial charge on any atom is 0.342 e. The maximum atomic E-state index is 12.5. The van der Waals surface area contributed by atoms with E-state index in [-0.39, 0.29) is 22.8 Å². The molecule has 29 heavy (non-hydrogen) atoms. The third-order valence-electron chi connectivity index (χ3n) is 3.98. The minimum Gasteiger partial charge on any atom is -0.488 e. The number of ether oxygens (including phenoxy) is 2. The van der Waals surface area contributed by atoms with Gasteiger partial charge >= 0.3 is 5.97 Å². The number of carbonyl (C=O) groups is 2. The molecule has 0 heterocycles. The van der Waals surface area contributed by atoms with Crippen molar-refractivity contribution in [2.75, 3.05) is 6.61 Å². The summed E-state index contributed by atoms with van der Waals surface area (Å²) in [6, 6.07) is 18.3. The van der Waals surface area contributed by atoms with E-state index in [9.17, 15) is 9.59 Å². The number of hydrogen-bond donors (Lipinski definition) is 0. The zero-order valence-electron chi connectivity index (χ0n) is 15.0. The number of Topliss-reactive ketones (excluding diaryl/α,β-unsaturated/α-hetero) is 1. The van der Waals surface area contributed by atoms with Gasteiger partial charge in [-0.3, -0.25) is 4.79 Å². The molecule has 0 unspecified atom stereocenters. The molecule has 0 spiro atoms. The van der Waals surface area contributed by atoms with Crippen LogP contribution in [0.3, 0.4) is 0 Å². The summed E-state index contributed by atoms with van der Waals surface area (Å²) in [4.78, 5) is 24.8. The smallest absolute Gasteiger partial charge is 0.342 e. The second kappa shape index (κ2) is 9.79. The Morgan fingerprint density at radius 2 is 1.48 bits per heavy atom. The Morgan fingerprint density at radius 3 is 2.24 bits per heavy atom. The molecule has 0 aliphatic rings. The molecular weight excluding hydrogens is 435 g/mol. The van der Waals surface area contributed by atoms with E-state index in [0.717, 1.165) is 5.56 Å². The number of carbonyl (C=O) groups excluding carboxylic acids is 2. The predicted molar refractivity (Wildman–Crippen MR) is 113 cm³/mol. The van der Waals surface area contributed by atoms with Gasteiger partial charge in [-0.2, -0.15) is 0 Å². The van der Waals surface area contributed by atoms with Crippen molar-refractivity contribution in [3.63, 3.8) is 0 Å². The van der Waals surface area contributed by atoms with Gasteiger partial charge in [0.25, 0.3) is 0 Å². The quantitative estimate of drug-likeness (QED) is 0.315. The van der Waals surface area contributed by atoms with Gasteiger partial charge in [0.15, 0.2) is 6.61 Å². The molecule has 0 N–H and O–H groups in total. The lowest BCUT2D eigenvalue weighted by Gasteiger charge is -2.11. The minimum absolute atomic E-state index is 0.194. The van der Waals surface area contributed by atoms with Crippen molar-refractivity contribution >= 4 is 46.6 Å². The number of hydrogen-bond acceptors (Lipinski definition) is 4. The van der Waals surface area contributed by atoms with Crippen LogP contribution in [0.2, 0.25) is 15.1 Å². The molecule has 0 saturated carbocycles. The summed E-state index contributed by atoms with van der Waals surface area (Å²) in [5, 5.41) is 1.23. The van der Waals surface area contributed by atoms with E-state index in [1.54, 1.807) is 42.5 Å². The lowest BCUT2D eigenvalue weighted by atomic mass is 10.1. The molecule has 0 radical (unpaired) electrons. The first kappa shape index (κ1) is 21.2. The molecule has 0 aromatic heterocycles. The fourth-order valence-electron chi connectivity index (χ4n) is 2.50. The van der Waals surface area contributed by atoms with E-state index >= 15 is 0 Å². The fourth-order valence-corrected chi connectivity index (χ4v) is 3.02. The molecule has 3 aromatic carbocycles. The third kappa shape index (κ3) is 5.73. The summed E-state index contributed by atoms with van der Waals surface area (Å²) >= 11 is 17.8. The minimum atomic E-state index is -0.678. The first-order chi connectivity index (χ1) is 13.9. The Balaban J connectivity index is 1.65. The lowest BCUT2D eigenvalue weighted by Crippen LogP contribution is -2.15. The van der Waals surface area contributed by atoms with Crippen molar-refractivity contribution in [1.29, 1.82) is 0 Å². The molecule has 0 aliphatic carbocycles.